The van der Waals surface area contributed by atoms with Crippen molar-refractivity contribution in [1.29, 1.82) is 0 Å². The molecule has 0 radical (unpaired) electrons. The first-order valence-corrected chi connectivity index (χ1v) is 12.2. The van der Waals surface area contributed by atoms with Crippen molar-refractivity contribution in [2.75, 3.05) is 13.1 Å². The molecule has 0 spiro atoms. The van der Waals surface area contributed by atoms with E-state index in [1.807, 2.05) is 6.92 Å². The van der Waals surface area contributed by atoms with Crippen molar-refractivity contribution in [2.45, 2.75) is 57.7 Å². The fourth-order valence-electron chi connectivity index (χ4n) is 3.36. The third kappa shape index (κ3) is 13.1. The van der Waals surface area contributed by atoms with Crippen LogP contribution < -0.4 is 32.3 Å². The Labute approximate surface area is 230 Å². The largest absolute Gasteiger partial charge is 0.480 e. The van der Waals surface area contributed by atoms with E-state index in [0.29, 0.717) is 11.8 Å². The Bertz CT molecular complexity index is 1110. The van der Waals surface area contributed by atoms with Gasteiger partial charge in [0.25, 0.3) is 0 Å². The van der Waals surface area contributed by atoms with E-state index >= 15 is 0 Å². The molecule has 0 aliphatic carbocycles. The molecule has 0 fully saturated rings. The maximum atomic E-state index is 12.5. The minimum absolute atomic E-state index is 0.0101. The zero-order valence-corrected chi connectivity index (χ0v) is 22.2. The second-order valence-electron chi connectivity index (χ2n) is 8.86. The molecular weight excluding hydrogens is 528 g/mol. The number of carbonyl (C=O) groups excluding carboxylic acids is 7. The predicted molar refractivity (Wildman–Crippen MR) is 139 cm³/mol. The summed E-state index contributed by atoms with van der Waals surface area (Å²) >= 11 is 0. The summed E-state index contributed by atoms with van der Waals surface area (Å²) in [5, 5.41) is 20.8. The lowest BCUT2D eigenvalue weighted by Gasteiger charge is -2.19. The van der Waals surface area contributed by atoms with Gasteiger partial charge in [0.05, 0.1) is 13.1 Å². The molecule has 0 saturated heterocycles. The zero-order valence-electron chi connectivity index (χ0n) is 22.2. The second-order valence-corrected chi connectivity index (χ2v) is 8.86. The predicted octanol–water partition coefficient (Wildman–Crippen LogP) is -2.82. The van der Waals surface area contributed by atoms with Crippen molar-refractivity contribution in [3.05, 3.63) is 35.4 Å². The maximum absolute atomic E-state index is 12.5. The highest BCUT2D eigenvalue weighted by molar-refractivity contribution is 5.94. The summed E-state index contributed by atoms with van der Waals surface area (Å²) in [6.07, 6.45) is -0.378. The van der Waals surface area contributed by atoms with Gasteiger partial charge in [-0.3, -0.25) is 28.8 Å². The van der Waals surface area contributed by atoms with E-state index < -0.39 is 79.0 Å². The molecule has 3 atom stereocenters. The lowest BCUT2D eigenvalue weighted by Crippen LogP contribution is -2.53. The average Bonchev–Trinajstić information content (AvgIpc) is 2.88. The number of rotatable bonds is 17. The van der Waals surface area contributed by atoms with Gasteiger partial charge in [-0.05, 0) is 18.9 Å². The monoisotopic (exact) mass is 562 g/mol. The summed E-state index contributed by atoms with van der Waals surface area (Å²) in [5.74, 6) is -5.86. The highest BCUT2D eigenvalue weighted by Gasteiger charge is 2.25. The maximum Gasteiger partial charge on any atom is 0.326 e. The Kier molecular flexibility index (Phi) is 14.0. The molecule has 0 aliphatic rings. The third-order valence-electron chi connectivity index (χ3n) is 5.40. The Balaban J connectivity index is 2.63. The number of aryl methyl sites for hydroxylation is 1. The van der Waals surface area contributed by atoms with Crippen molar-refractivity contribution in [3.63, 3.8) is 0 Å². The molecule has 0 heterocycles. The molecule has 15 nitrogen and oxygen atoms in total. The molecule has 1 rings (SSSR count). The fourth-order valence-corrected chi connectivity index (χ4v) is 3.36. The van der Waals surface area contributed by atoms with Gasteiger partial charge in [0.2, 0.25) is 35.4 Å². The first kappa shape index (κ1) is 33.2. The number of amides is 6. The van der Waals surface area contributed by atoms with Crippen LogP contribution in [-0.4, -0.2) is 84.0 Å². The highest BCUT2D eigenvalue weighted by atomic mass is 16.4. The molecule has 0 saturated carbocycles. The summed E-state index contributed by atoms with van der Waals surface area (Å²) in [6, 6.07) is 3.28. The van der Waals surface area contributed by atoms with Crippen molar-refractivity contribution < 1.29 is 43.5 Å². The average molecular weight is 563 g/mol. The lowest BCUT2D eigenvalue weighted by molar-refractivity contribution is -0.141. The van der Waals surface area contributed by atoms with Gasteiger partial charge in [0, 0.05) is 26.2 Å². The quantitative estimate of drug-likeness (QED) is 0.0967. The van der Waals surface area contributed by atoms with Crippen LogP contribution in [0.3, 0.4) is 0 Å². The van der Waals surface area contributed by atoms with E-state index in [0.717, 1.165) is 12.5 Å². The molecule has 8 N–H and O–H groups in total. The number of aliphatic carboxylic acids is 1. The van der Waals surface area contributed by atoms with E-state index in [4.69, 9.17) is 5.73 Å². The van der Waals surface area contributed by atoms with Gasteiger partial charge in [-0.2, -0.15) is 0 Å². The Morgan fingerprint density at radius 1 is 0.850 bits per heavy atom. The molecule has 218 valence electrons. The number of carbonyl (C=O) groups is 8. The van der Waals surface area contributed by atoms with Crippen LogP contribution in [-0.2, 0) is 44.8 Å². The van der Waals surface area contributed by atoms with Gasteiger partial charge in [-0.1, -0.05) is 29.8 Å². The van der Waals surface area contributed by atoms with Crippen molar-refractivity contribution in [1.82, 2.24) is 26.6 Å². The molecule has 15 heteroatoms. The first-order chi connectivity index (χ1) is 18.8. The molecule has 3 unspecified atom stereocenters. The van der Waals surface area contributed by atoms with Crippen LogP contribution in [0.2, 0.25) is 0 Å². The molecule has 0 aliphatic heterocycles. The molecule has 0 aromatic heterocycles. The Morgan fingerprint density at radius 2 is 1.38 bits per heavy atom. The molecule has 1 aromatic rings. The van der Waals surface area contributed by atoms with Crippen LogP contribution >= 0.6 is 0 Å². The summed E-state index contributed by atoms with van der Waals surface area (Å²) in [6.45, 7) is 1.77. The highest BCUT2D eigenvalue weighted by Crippen LogP contribution is 2.06. The van der Waals surface area contributed by atoms with Gasteiger partial charge in [-0.15, -0.1) is 0 Å². The fraction of sp³-hybridized carbons (Fsp3) is 0.440. The zero-order chi connectivity index (χ0) is 30.2. The summed E-state index contributed by atoms with van der Waals surface area (Å²) in [4.78, 5) is 94.2. The number of primary amides is 1. The Morgan fingerprint density at radius 3 is 1.85 bits per heavy atom. The molecule has 1 aromatic carbocycles. The van der Waals surface area contributed by atoms with Crippen LogP contribution in [0.1, 0.15) is 37.3 Å². The van der Waals surface area contributed by atoms with Crippen LogP contribution in [0.25, 0.3) is 0 Å². The number of hydrogen-bond donors (Lipinski definition) is 7. The summed E-state index contributed by atoms with van der Waals surface area (Å²) < 4.78 is 0. The second kappa shape index (κ2) is 16.9. The number of benzene rings is 1. The van der Waals surface area contributed by atoms with Crippen LogP contribution in [0.15, 0.2) is 24.3 Å². The standard InChI is InChI=1S/C25H34N6O9/c1-14-3-5-16(6-4-14)11-19(25(39)40)31-22(36)13-28-24(38)18(9-10-32)30-21(35)12-27-23(37)17(29-15(2)33)7-8-20(26)34/h3-6,10,17-19H,7-9,11-13H2,1-2H3,(H2,26,34)(H,27,37)(H,28,38)(H,29,33)(H,30,35)(H,31,36)(H,39,40). The van der Waals surface area contributed by atoms with E-state index in [1.54, 1.807) is 24.3 Å². The third-order valence-corrected chi connectivity index (χ3v) is 5.40. The molecule has 0 bridgehead atoms. The summed E-state index contributed by atoms with van der Waals surface area (Å²) in [7, 11) is 0. The normalized spacial score (nSPS) is 12.6. The van der Waals surface area contributed by atoms with Gasteiger partial charge >= 0.3 is 5.97 Å². The number of nitrogens with two attached hydrogens (primary N) is 1. The van der Waals surface area contributed by atoms with Gasteiger partial charge in [-0.25, -0.2) is 4.79 Å². The van der Waals surface area contributed by atoms with Crippen LogP contribution in [0.5, 0.6) is 0 Å². The lowest BCUT2D eigenvalue weighted by atomic mass is 10.0. The van der Waals surface area contributed by atoms with E-state index in [1.165, 1.54) is 0 Å². The van der Waals surface area contributed by atoms with Crippen molar-refractivity contribution >= 4 is 47.7 Å². The molecule has 40 heavy (non-hydrogen) atoms. The van der Waals surface area contributed by atoms with Gasteiger partial charge in [0.15, 0.2) is 0 Å². The van der Waals surface area contributed by atoms with Gasteiger partial charge < -0.3 is 42.2 Å². The van der Waals surface area contributed by atoms with Gasteiger partial charge in [0.1, 0.15) is 24.4 Å². The van der Waals surface area contributed by atoms with Crippen molar-refractivity contribution in [2.24, 2.45) is 5.73 Å². The smallest absolute Gasteiger partial charge is 0.326 e. The number of aldehydes is 1. The number of carboxylic acids is 1. The number of nitrogens with one attached hydrogen (secondary N) is 5. The van der Waals surface area contributed by atoms with Crippen LogP contribution in [0.4, 0.5) is 0 Å². The SMILES string of the molecule is CC(=O)NC(CCC(N)=O)C(=O)NCC(=O)NC(CC=O)C(=O)NCC(=O)NC(Cc1ccc(C)cc1)C(=O)O. The topological polar surface area (TPSA) is 243 Å². The van der Waals surface area contributed by atoms with E-state index in [-0.39, 0.29) is 19.3 Å². The van der Waals surface area contributed by atoms with Crippen LogP contribution in [0, 0.1) is 6.92 Å². The molecule has 6 amide bonds. The van der Waals surface area contributed by atoms with E-state index in [9.17, 15) is 43.5 Å². The number of carboxylic acid groups (broad SMARTS) is 1. The minimum atomic E-state index is -1.39. The summed E-state index contributed by atoms with van der Waals surface area (Å²) in [5.41, 5.74) is 6.72. The number of hydrogen-bond acceptors (Lipinski definition) is 8. The first-order valence-electron chi connectivity index (χ1n) is 12.2. The van der Waals surface area contributed by atoms with Crippen molar-refractivity contribution in [3.8, 4) is 0 Å². The Hall–Kier alpha value is -4.82. The minimum Gasteiger partial charge on any atom is -0.480 e. The molecular formula is C25H34N6O9. The van der Waals surface area contributed by atoms with E-state index in [2.05, 4.69) is 26.6 Å².